The predicted octanol–water partition coefficient (Wildman–Crippen LogP) is 6.55. The van der Waals surface area contributed by atoms with Crippen molar-refractivity contribution in [2.24, 2.45) is 0 Å². The van der Waals surface area contributed by atoms with Gasteiger partial charge < -0.3 is 8.98 Å². The fourth-order valence-electron chi connectivity index (χ4n) is 4.22. The fourth-order valence-corrected chi connectivity index (χ4v) is 4.22. The van der Waals surface area contributed by atoms with Gasteiger partial charge in [-0.3, -0.25) is 0 Å². The summed E-state index contributed by atoms with van der Waals surface area (Å²) in [7, 11) is 0. The smallest absolute Gasteiger partial charge is 0.159 e. The van der Waals surface area contributed by atoms with Gasteiger partial charge in [0, 0.05) is 21.5 Å². The molecule has 0 aliphatic carbocycles. The van der Waals surface area contributed by atoms with Gasteiger partial charge in [0.15, 0.2) is 5.58 Å². The van der Waals surface area contributed by atoms with Gasteiger partial charge in [0.1, 0.15) is 5.58 Å². The molecule has 3 heteroatoms. The first kappa shape index (κ1) is 15.1. The molecule has 0 saturated heterocycles. The van der Waals surface area contributed by atoms with Crippen molar-refractivity contribution in [2.75, 3.05) is 0 Å². The Kier molecular flexibility index (Phi) is 2.95. The number of para-hydroxylation sites is 3. The van der Waals surface area contributed by atoms with E-state index in [-0.39, 0.29) is 0 Å². The number of nitriles is 1. The normalized spacial score (nSPS) is 11.5. The molecule has 0 N–H and O–H groups in total. The van der Waals surface area contributed by atoms with Gasteiger partial charge in [0.05, 0.1) is 28.4 Å². The van der Waals surface area contributed by atoms with Gasteiger partial charge >= 0.3 is 0 Å². The topological polar surface area (TPSA) is 41.9 Å². The van der Waals surface area contributed by atoms with E-state index in [1.54, 1.807) is 0 Å². The molecule has 6 rings (SSSR count). The summed E-state index contributed by atoms with van der Waals surface area (Å²) in [5.74, 6) is 0. The molecule has 0 radical (unpaired) electrons. The van der Waals surface area contributed by atoms with Crippen LogP contribution in [0.15, 0.2) is 89.3 Å². The Labute approximate surface area is 160 Å². The van der Waals surface area contributed by atoms with Gasteiger partial charge in [-0.1, -0.05) is 54.6 Å². The summed E-state index contributed by atoms with van der Waals surface area (Å²) in [6, 6.07) is 30.8. The molecule has 0 bridgehead atoms. The molecule has 0 aliphatic heterocycles. The molecule has 4 aromatic carbocycles. The molecule has 2 aromatic heterocycles. The van der Waals surface area contributed by atoms with E-state index >= 15 is 0 Å². The van der Waals surface area contributed by atoms with Crippen molar-refractivity contribution in [1.29, 1.82) is 5.26 Å². The highest BCUT2D eigenvalue weighted by molar-refractivity contribution is 6.12. The second kappa shape index (κ2) is 5.48. The average Bonchev–Trinajstić information content (AvgIpc) is 3.29. The van der Waals surface area contributed by atoms with Gasteiger partial charge in [-0.15, -0.1) is 0 Å². The fraction of sp³-hybridized carbons (Fsp3) is 0. The second-order valence-electron chi connectivity index (χ2n) is 6.95. The lowest BCUT2D eigenvalue weighted by Crippen LogP contribution is -1.95. The van der Waals surface area contributed by atoms with Gasteiger partial charge in [-0.2, -0.15) is 5.26 Å². The van der Waals surface area contributed by atoms with Crippen molar-refractivity contribution in [1.82, 2.24) is 4.57 Å². The Hall–Kier alpha value is -4.03. The van der Waals surface area contributed by atoms with Gasteiger partial charge in [0.25, 0.3) is 0 Å². The molecule has 2 heterocycles. The van der Waals surface area contributed by atoms with Crippen molar-refractivity contribution in [3.8, 4) is 11.8 Å². The van der Waals surface area contributed by atoms with E-state index in [1.165, 1.54) is 10.8 Å². The van der Waals surface area contributed by atoms with Crippen LogP contribution in [0.5, 0.6) is 0 Å². The molecule has 0 saturated carbocycles. The van der Waals surface area contributed by atoms with Crippen LogP contribution < -0.4 is 0 Å². The van der Waals surface area contributed by atoms with E-state index in [9.17, 15) is 5.26 Å². The van der Waals surface area contributed by atoms with Crippen molar-refractivity contribution in [2.45, 2.75) is 0 Å². The number of hydrogen-bond acceptors (Lipinski definition) is 2. The third-order valence-electron chi connectivity index (χ3n) is 5.41. The molecule has 0 amide bonds. The molecular weight excluding hydrogens is 344 g/mol. The molecule has 28 heavy (non-hydrogen) atoms. The number of furan rings is 1. The minimum Gasteiger partial charge on any atom is -0.454 e. The van der Waals surface area contributed by atoms with Gasteiger partial charge in [-0.05, 0) is 30.3 Å². The minimum absolute atomic E-state index is 0.621. The summed E-state index contributed by atoms with van der Waals surface area (Å²) in [5.41, 5.74) is 5.33. The van der Waals surface area contributed by atoms with Gasteiger partial charge in [0.2, 0.25) is 0 Å². The molecule has 3 nitrogen and oxygen atoms in total. The average molecular weight is 358 g/mol. The van der Waals surface area contributed by atoms with Crippen LogP contribution in [0, 0.1) is 11.3 Å². The quantitative estimate of drug-likeness (QED) is 0.334. The third-order valence-corrected chi connectivity index (χ3v) is 5.41. The number of benzene rings is 4. The Morgan fingerprint density at radius 1 is 0.679 bits per heavy atom. The van der Waals surface area contributed by atoms with Crippen molar-refractivity contribution in [3.05, 3.63) is 90.5 Å². The van der Waals surface area contributed by atoms with Crippen LogP contribution in [-0.2, 0) is 0 Å². The maximum Gasteiger partial charge on any atom is 0.159 e. The highest BCUT2D eigenvalue weighted by atomic mass is 16.3. The van der Waals surface area contributed by atoms with E-state index in [0.29, 0.717) is 5.56 Å². The van der Waals surface area contributed by atoms with Crippen LogP contribution in [0.3, 0.4) is 0 Å². The summed E-state index contributed by atoms with van der Waals surface area (Å²) in [5, 5.41) is 14.0. The maximum atomic E-state index is 9.67. The Morgan fingerprint density at radius 2 is 1.29 bits per heavy atom. The number of aromatic nitrogens is 1. The minimum atomic E-state index is 0.621. The Morgan fingerprint density at radius 3 is 1.96 bits per heavy atom. The molecule has 130 valence electrons. The zero-order chi connectivity index (χ0) is 18.7. The largest absolute Gasteiger partial charge is 0.454 e. The number of fused-ring (bicyclic) bond motifs is 6. The first-order chi connectivity index (χ1) is 13.8. The third kappa shape index (κ3) is 1.92. The van der Waals surface area contributed by atoms with Crippen molar-refractivity contribution >= 4 is 43.7 Å². The summed E-state index contributed by atoms with van der Waals surface area (Å²) in [6.07, 6.45) is 0. The molecule has 0 atom stereocenters. The lowest BCUT2D eigenvalue weighted by Gasteiger charge is -2.09. The Balaban J connectivity index is 1.87. The first-order valence-corrected chi connectivity index (χ1v) is 9.19. The maximum absolute atomic E-state index is 9.67. The van der Waals surface area contributed by atoms with Crippen molar-refractivity contribution in [3.63, 3.8) is 0 Å². The lowest BCUT2D eigenvalue weighted by atomic mass is 10.1. The zero-order valence-electron chi connectivity index (χ0n) is 14.9. The Bertz CT molecular complexity index is 1520. The van der Waals surface area contributed by atoms with E-state index < -0.39 is 0 Å². The molecule has 0 fully saturated rings. The standard InChI is InChI=1S/C25H14N2O/c26-15-16-13-20-19-9-3-6-12-24(19)28-25(20)23(14-16)27-21-10-4-1-7-17(21)18-8-2-5-11-22(18)27/h1-14H. The van der Waals surface area contributed by atoms with Crippen LogP contribution in [0.2, 0.25) is 0 Å². The van der Waals surface area contributed by atoms with Crippen LogP contribution >= 0.6 is 0 Å². The summed E-state index contributed by atoms with van der Waals surface area (Å²) < 4.78 is 8.48. The monoisotopic (exact) mass is 358 g/mol. The zero-order valence-corrected chi connectivity index (χ0v) is 14.9. The van der Waals surface area contributed by atoms with Gasteiger partial charge in [-0.25, -0.2) is 0 Å². The van der Waals surface area contributed by atoms with Crippen LogP contribution in [0.25, 0.3) is 49.4 Å². The summed E-state index contributed by atoms with van der Waals surface area (Å²) >= 11 is 0. The summed E-state index contributed by atoms with van der Waals surface area (Å²) in [6.45, 7) is 0. The van der Waals surface area contributed by atoms with E-state index in [0.717, 1.165) is 38.7 Å². The summed E-state index contributed by atoms with van der Waals surface area (Å²) in [4.78, 5) is 0. The lowest BCUT2D eigenvalue weighted by molar-refractivity contribution is 0.666. The second-order valence-corrected chi connectivity index (χ2v) is 6.95. The first-order valence-electron chi connectivity index (χ1n) is 9.19. The van der Waals surface area contributed by atoms with E-state index in [4.69, 9.17) is 4.42 Å². The van der Waals surface area contributed by atoms with E-state index in [1.807, 2.05) is 48.5 Å². The molecular formula is C25H14N2O. The highest BCUT2D eigenvalue weighted by Gasteiger charge is 2.18. The van der Waals surface area contributed by atoms with E-state index in [2.05, 4.69) is 47.0 Å². The molecule has 0 unspecified atom stereocenters. The predicted molar refractivity (Wildman–Crippen MR) is 113 cm³/mol. The highest BCUT2D eigenvalue weighted by Crippen LogP contribution is 2.38. The van der Waals surface area contributed by atoms with Crippen molar-refractivity contribution < 1.29 is 4.42 Å². The van der Waals surface area contributed by atoms with Crippen LogP contribution in [0.1, 0.15) is 5.56 Å². The number of hydrogen-bond donors (Lipinski definition) is 0. The van der Waals surface area contributed by atoms with Crippen LogP contribution in [-0.4, -0.2) is 4.57 Å². The molecule has 6 aromatic rings. The molecule has 0 aliphatic rings. The number of nitrogens with zero attached hydrogens (tertiary/aromatic N) is 2. The van der Waals surface area contributed by atoms with Crippen LogP contribution in [0.4, 0.5) is 0 Å². The number of rotatable bonds is 1. The molecule has 0 spiro atoms. The SMILES string of the molecule is N#Cc1cc(-n2c3ccccc3c3ccccc32)c2oc3ccccc3c2c1.